The van der Waals surface area contributed by atoms with Gasteiger partial charge >= 0.3 is 0 Å². The lowest BCUT2D eigenvalue weighted by Gasteiger charge is -2.09. The quantitative estimate of drug-likeness (QED) is 0.444. The number of aromatic nitrogens is 3. The molecule has 2 aromatic heterocycles. The molecule has 4 heteroatoms. The maximum Gasteiger partial charge on any atom is 0.134 e. The summed E-state index contributed by atoms with van der Waals surface area (Å²) in [5, 5.41) is 0.749. The van der Waals surface area contributed by atoms with Crippen molar-refractivity contribution < 1.29 is 0 Å². The van der Waals surface area contributed by atoms with Crippen LogP contribution in [0.4, 0.5) is 0 Å². The number of hydrogen-bond donors (Lipinski definition) is 0. The van der Waals surface area contributed by atoms with Crippen LogP contribution in [0.1, 0.15) is 28.1 Å². The van der Waals surface area contributed by atoms with Crippen LogP contribution in [-0.2, 0) is 6.54 Å². The molecular weight excluding hydrogens is 354 g/mol. The fourth-order valence-corrected chi connectivity index (χ4v) is 3.24. The van der Waals surface area contributed by atoms with E-state index < -0.39 is 0 Å². The van der Waals surface area contributed by atoms with Crippen LogP contribution in [0.25, 0.3) is 23.2 Å². The van der Waals surface area contributed by atoms with Gasteiger partial charge in [-0.15, -0.1) is 0 Å². The minimum Gasteiger partial charge on any atom is -0.320 e. The van der Waals surface area contributed by atoms with Gasteiger partial charge in [-0.3, -0.25) is 4.98 Å². The van der Waals surface area contributed by atoms with E-state index in [1.165, 1.54) is 16.7 Å². The molecule has 0 aliphatic carbocycles. The van der Waals surface area contributed by atoms with E-state index in [2.05, 4.69) is 59.8 Å². The summed E-state index contributed by atoms with van der Waals surface area (Å²) in [6, 6.07) is 16.3. The molecule has 0 N–H and O–H groups in total. The number of benzene rings is 2. The lowest BCUT2D eigenvalue weighted by molar-refractivity contribution is 0.813. The second-order valence-corrected chi connectivity index (χ2v) is 7.16. The van der Waals surface area contributed by atoms with E-state index in [1.807, 2.05) is 24.3 Å². The number of pyridine rings is 1. The third-order valence-electron chi connectivity index (χ3n) is 4.78. The predicted octanol–water partition coefficient (Wildman–Crippen LogP) is 5.92. The molecule has 27 heavy (non-hydrogen) atoms. The molecule has 0 aliphatic rings. The summed E-state index contributed by atoms with van der Waals surface area (Å²) < 4.78 is 2.25. The smallest absolute Gasteiger partial charge is 0.134 e. The number of rotatable bonds is 4. The van der Waals surface area contributed by atoms with Crippen LogP contribution in [-0.4, -0.2) is 14.5 Å². The fourth-order valence-electron chi connectivity index (χ4n) is 3.11. The summed E-state index contributed by atoms with van der Waals surface area (Å²) in [6.07, 6.45) is 7.73. The lowest BCUT2D eigenvalue weighted by atomic mass is 10.1. The molecule has 4 rings (SSSR count). The molecule has 0 saturated carbocycles. The van der Waals surface area contributed by atoms with Gasteiger partial charge in [0.05, 0.1) is 11.0 Å². The van der Waals surface area contributed by atoms with Crippen LogP contribution in [0.3, 0.4) is 0 Å². The summed E-state index contributed by atoms with van der Waals surface area (Å²) in [6.45, 7) is 5.01. The lowest BCUT2D eigenvalue weighted by Crippen LogP contribution is -2.02. The Morgan fingerprint density at radius 2 is 1.63 bits per heavy atom. The van der Waals surface area contributed by atoms with Gasteiger partial charge in [-0.25, -0.2) is 4.98 Å². The molecule has 0 bridgehead atoms. The van der Waals surface area contributed by atoms with Gasteiger partial charge in [0.15, 0.2) is 0 Å². The summed E-state index contributed by atoms with van der Waals surface area (Å²) in [5.41, 5.74) is 6.97. The molecule has 3 nitrogen and oxygen atoms in total. The normalized spacial score (nSPS) is 11.5. The van der Waals surface area contributed by atoms with Crippen LogP contribution < -0.4 is 0 Å². The Kier molecular flexibility index (Phi) is 4.78. The second-order valence-electron chi connectivity index (χ2n) is 6.72. The Balaban J connectivity index is 1.81. The first-order valence-corrected chi connectivity index (χ1v) is 9.28. The predicted molar refractivity (Wildman–Crippen MR) is 113 cm³/mol. The van der Waals surface area contributed by atoms with Crippen molar-refractivity contribution in [2.75, 3.05) is 0 Å². The molecule has 2 aromatic carbocycles. The highest BCUT2D eigenvalue weighted by atomic mass is 35.5. The topological polar surface area (TPSA) is 30.7 Å². The van der Waals surface area contributed by atoms with Crippen LogP contribution in [0.15, 0.2) is 60.9 Å². The van der Waals surface area contributed by atoms with Crippen molar-refractivity contribution in [2.45, 2.75) is 20.4 Å². The van der Waals surface area contributed by atoms with Gasteiger partial charge < -0.3 is 4.57 Å². The highest BCUT2D eigenvalue weighted by Crippen LogP contribution is 2.23. The van der Waals surface area contributed by atoms with E-state index in [4.69, 9.17) is 16.6 Å². The average Bonchev–Trinajstić information content (AvgIpc) is 2.99. The van der Waals surface area contributed by atoms with Crippen LogP contribution in [0.5, 0.6) is 0 Å². The molecule has 4 aromatic rings. The Morgan fingerprint density at radius 3 is 2.37 bits per heavy atom. The van der Waals surface area contributed by atoms with Gasteiger partial charge in [-0.1, -0.05) is 29.8 Å². The van der Waals surface area contributed by atoms with E-state index in [1.54, 1.807) is 12.4 Å². The number of imidazole rings is 1. The molecule has 0 atom stereocenters. The molecule has 134 valence electrons. The van der Waals surface area contributed by atoms with Gasteiger partial charge in [-0.05, 0) is 78.6 Å². The van der Waals surface area contributed by atoms with Gasteiger partial charge in [0.25, 0.3) is 0 Å². The largest absolute Gasteiger partial charge is 0.320 e. The Morgan fingerprint density at radius 1 is 0.926 bits per heavy atom. The monoisotopic (exact) mass is 373 g/mol. The minimum absolute atomic E-state index is 0.742. The zero-order valence-electron chi connectivity index (χ0n) is 15.4. The highest BCUT2D eigenvalue weighted by Gasteiger charge is 2.11. The van der Waals surface area contributed by atoms with Crippen LogP contribution in [0.2, 0.25) is 5.02 Å². The summed E-state index contributed by atoms with van der Waals surface area (Å²) in [5.74, 6) is 0.932. The summed E-state index contributed by atoms with van der Waals surface area (Å²) in [4.78, 5) is 8.95. The highest BCUT2D eigenvalue weighted by molar-refractivity contribution is 6.30. The number of nitrogens with zero attached hydrogens (tertiary/aromatic N) is 3. The van der Waals surface area contributed by atoms with Crippen molar-refractivity contribution >= 4 is 34.8 Å². The molecule has 0 radical (unpaired) electrons. The molecule has 0 amide bonds. The molecular formula is C23H20ClN3. The van der Waals surface area contributed by atoms with Crippen molar-refractivity contribution in [2.24, 2.45) is 0 Å². The fraction of sp³-hybridized carbons (Fsp3) is 0.130. The van der Waals surface area contributed by atoms with Crippen molar-refractivity contribution in [1.82, 2.24) is 14.5 Å². The Bertz CT molecular complexity index is 1110. The summed E-state index contributed by atoms with van der Waals surface area (Å²) >= 11 is 6.04. The SMILES string of the molecule is Cc1cc2nc(/C=C/c3ccncc3)n(Cc3ccc(Cl)cc3)c2cc1C. The molecule has 2 heterocycles. The first-order chi connectivity index (χ1) is 13.1. The van der Waals surface area contributed by atoms with Gasteiger partial charge in [0, 0.05) is 24.0 Å². The van der Waals surface area contributed by atoms with E-state index in [0.29, 0.717) is 0 Å². The van der Waals surface area contributed by atoms with Crippen molar-refractivity contribution in [1.29, 1.82) is 0 Å². The number of hydrogen-bond acceptors (Lipinski definition) is 2. The third kappa shape index (κ3) is 3.79. The standard InChI is InChI=1S/C23H20ClN3/c1-16-13-21-22(14-17(16)2)27(15-19-3-6-20(24)7-4-19)23(26-21)8-5-18-9-11-25-12-10-18/h3-14H,15H2,1-2H3/b8-5+. The molecule has 0 spiro atoms. The summed E-state index contributed by atoms with van der Waals surface area (Å²) in [7, 11) is 0. The number of aryl methyl sites for hydroxylation is 2. The molecule has 0 aliphatic heterocycles. The third-order valence-corrected chi connectivity index (χ3v) is 5.03. The van der Waals surface area contributed by atoms with Crippen LogP contribution in [0, 0.1) is 13.8 Å². The average molecular weight is 374 g/mol. The number of fused-ring (bicyclic) bond motifs is 1. The molecule has 0 saturated heterocycles. The zero-order chi connectivity index (χ0) is 18.8. The van der Waals surface area contributed by atoms with Gasteiger partial charge in [0.1, 0.15) is 5.82 Å². The second kappa shape index (κ2) is 7.37. The first-order valence-electron chi connectivity index (χ1n) is 8.90. The van der Waals surface area contributed by atoms with Crippen LogP contribution >= 0.6 is 11.6 Å². The van der Waals surface area contributed by atoms with Crippen molar-refractivity contribution in [3.63, 3.8) is 0 Å². The van der Waals surface area contributed by atoms with E-state index in [9.17, 15) is 0 Å². The minimum atomic E-state index is 0.742. The Hall–Kier alpha value is -2.91. The number of halogens is 1. The van der Waals surface area contributed by atoms with E-state index in [0.717, 1.165) is 34.0 Å². The van der Waals surface area contributed by atoms with Crippen molar-refractivity contribution in [3.8, 4) is 0 Å². The first kappa shape index (κ1) is 17.5. The molecule has 0 fully saturated rings. The zero-order valence-corrected chi connectivity index (χ0v) is 16.1. The van der Waals surface area contributed by atoms with E-state index in [-0.39, 0.29) is 0 Å². The molecule has 0 unspecified atom stereocenters. The van der Waals surface area contributed by atoms with Gasteiger partial charge in [-0.2, -0.15) is 0 Å². The van der Waals surface area contributed by atoms with Crippen molar-refractivity contribution in [3.05, 3.63) is 94.0 Å². The van der Waals surface area contributed by atoms with Gasteiger partial charge in [0.2, 0.25) is 0 Å². The maximum absolute atomic E-state index is 6.04. The maximum atomic E-state index is 6.04. The Labute approximate surface area is 164 Å². The van der Waals surface area contributed by atoms with E-state index >= 15 is 0 Å².